The Kier molecular flexibility index (Phi) is 4.68. The highest BCUT2D eigenvalue weighted by atomic mass is 32.2. The van der Waals surface area contributed by atoms with Crippen LogP contribution in [-0.2, 0) is 27.2 Å². The summed E-state index contributed by atoms with van der Waals surface area (Å²) in [6.45, 7) is 5.09. The summed E-state index contributed by atoms with van der Waals surface area (Å²) in [6, 6.07) is 8.01. The lowest BCUT2D eigenvalue weighted by atomic mass is 10.3. The number of aromatic nitrogens is 6. The van der Waals surface area contributed by atoms with E-state index in [1.165, 1.54) is 11.6 Å². The molecule has 0 N–H and O–H groups in total. The molecule has 0 atom stereocenters. The molecule has 28 heavy (non-hydrogen) atoms. The number of para-hydroxylation sites is 2. The number of fused-ring (bicyclic) bond motifs is 2. The maximum Gasteiger partial charge on any atom is 0.332 e. The molecule has 4 aromatic rings. The van der Waals surface area contributed by atoms with Gasteiger partial charge >= 0.3 is 5.69 Å². The Balaban J connectivity index is 1.62. The second kappa shape index (κ2) is 7.16. The van der Waals surface area contributed by atoms with Crippen LogP contribution in [0.4, 0.5) is 0 Å². The molecule has 0 fully saturated rings. The van der Waals surface area contributed by atoms with Gasteiger partial charge in [0.1, 0.15) is 0 Å². The summed E-state index contributed by atoms with van der Waals surface area (Å²) in [4.78, 5) is 33.5. The molecule has 0 saturated heterocycles. The molecule has 144 valence electrons. The molecule has 0 radical (unpaired) electrons. The quantitative estimate of drug-likeness (QED) is 0.367. The van der Waals surface area contributed by atoms with Crippen LogP contribution in [0.15, 0.2) is 58.0 Å². The molecule has 0 bridgehead atoms. The van der Waals surface area contributed by atoms with E-state index in [9.17, 15) is 9.59 Å². The zero-order valence-electron chi connectivity index (χ0n) is 15.7. The molecule has 0 amide bonds. The van der Waals surface area contributed by atoms with Gasteiger partial charge in [-0.15, -0.1) is 6.58 Å². The second-order valence-electron chi connectivity index (χ2n) is 6.45. The van der Waals surface area contributed by atoms with Gasteiger partial charge in [-0.1, -0.05) is 30.0 Å². The van der Waals surface area contributed by atoms with Gasteiger partial charge in [-0.25, -0.2) is 14.8 Å². The van der Waals surface area contributed by atoms with Crippen molar-refractivity contribution >= 4 is 34.0 Å². The zero-order chi connectivity index (χ0) is 19.8. The average Bonchev–Trinajstić information content (AvgIpc) is 3.27. The molecule has 0 aliphatic heterocycles. The maximum absolute atomic E-state index is 12.5. The summed E-state index contributed by atoms with van der Waals surface area (Å²) in [5, 5.41) is 0.908. The molecule has 3 heterocycles. The topological polar surface area (TPSA) is 79.6 Å². The molecular weight excluding hydrogens is 376 g/mol. The SMILES string of the molecule is C=CCn1c(SCCn2cnc3c2c(=O)n(C)c(=O)n3C)nc2ccccc21. The molecule has 3 aromatic heterocycles. The average molecular weight is 396 g/mol. The predicted octanol–water partition coefficient (Wildman–Crippen LogP) is 1.76. The van der Waals surface area contributed by atoms with Crippen LogP contribution in [0.2, 0.25) is 0 Å². The molecular formula is C19H20N6O2S. The van der Waals surface area contributed by atoms with E-state index in [4.69, 9.17) is 4.98 Å². The van der Waals surface area contributed by atoms with Crippen LogP contribution >= 0.6 is 11.8 Å². The van der Waals surface area contributed by atoms with Gasteiger partial charge in [0.2, 0.25) is 0 Å². The number of thioether (sulfide) groups is 1. The van der Waals surface area contributed by atoms with E-state index in [2.05, 4.69) is 16.1 Å². The summed E-state index contributed by atoms with van der Waals surface area (Å²) in [5.74, 6) is 0.706. The number of hydrogen-bond donors (Lipinski definition) is 0. The first-order valence-corrected chi connectivity index (χ1v) is 9.81. The van der Waals surface area contributed by atoms with Crippen LogP contribution in [0.25, 0.3) is 22.2 Å². The number of nitrogens with zero attached hydrogens (tertiary/aromatic N) is 6. The first-order chi connectivity index (χ1) is 13.5. The third-order valence-electron chi connectivity index (χ3n) is 4.71. The van der Waals surface area contributed by atoms with Crippen molar-refractivity contribution < 1.29 is 0 Å². The fraction of sp³-hybridized carbons (Fsp3) is 0.263. The lowest BCUT2D eigenvalue weighted by Gasteiger charge is -2.08. The number of rotatable bonds is 6. The fourth-order valence-electron chi connectivity index (χ4n) is 3.27. The Morgan fingerprint density at radius 2 is 1.96 bits per heavy atom. The van der Waals surface area contributed by atoms with Gasteiger partial charge in [0.15, 0.2) is 16.3 Å². The third-order valence-corrected chi connectivity index (χ3v) is 5.67. The normalized spacial score (nSPS) is 11.5. The minimum absolute atomic E-state index is 0.334. The molecule has 1 aromatic carbocycles. The van der Waals surface area contributed by atoms with Gasteiger partial charge in [0, 0.05) is 32.9 Å². The summed E-state index contributed by atoms with van der Waals surface area (Å²) in [7, 11) is 3.10. The molecule has 0 unspecified atom stereocenters. The number of aryl methyl sites for hydroxylation is 2. The van der Waals surface area contributed by atoms with Gasteiger partial charge in [-0.3, -0.25) is 13.9 Å². The van der Waals surface area contributed by atoms with Crippen LogP contribution in [0, 0.1) is 0 Å². The minimum atomic E-state index is -0.379. The van der Waals surface area contributed by atoms with Crippen LogP contribution in [0.3, 0.4) is 0 Å². The van der Waals surface area contributed by atoms with Gasteiger partial charge in [0.25, 0.3) is 5.56 Å². The zero-order valence-corrected chi connectivity index (χ0v) is 16.5. The Labute approximate surface area is 164 Å². The predicted molar refractivity (Wildman–Crippen MR) is 111 cm³/mol. The van der Waals surface area contributed by atoms with Gasteiger partial charge in [-0.2, -0.15) is 0 Å². The van der Waals surface area contributed by atoms with E-state index in [-0.39, 0.29) is 11.2 Å². The molecule has 9 heteroatoms. The number of imidazole rings is 2. The first kappa shape index (κ1) is 18.3. The highest BCUT2D eigenvalue weighted by Gasteiger charge is 2.15. The first-order valence-electron chi connectivity index (χ1n) is 8.82. The summed E-state index contributed by atoms with van der Waals surface area (Å²) in [6.07, 6.45) is 3.46. The van der Waals surface area contributed by atoms with E-state index in [0.29, 0.717) is 30.0 Å². The number of benzene rings is 1. The Hall–Kier alpha value is -3.07. The molecule has 8 nitrogen and oxygen atoms in total. The van der Waals surface area contributed by atoms with Crippen molar-refractivity contribution in [1.29, 1.82) is 0 Å². The maximum atomic E-state index is 12.5. The van der Waals surface area contributed by atoms with Crippen LogP contribution in [0.5, 0.6) is 0 Å². The third kappa shape index (κ3) is 2.88. The van der Waals surface area contributed by atoms with E-state index >= 15 is 0 Å². The largest absolute Gasteiger partial charge is 0.332 e. The van der Waals surface area contributed by atoms with Crippen LogP contribution in [0.1, 0.15) is 0 Å². The van der Waals surface area contributed by atoms with Crippen LogP contribution < -0.4 is 11.2 Å². The van der Waals surface area contributed by atoms with Gasteiger partial charge < -0.3 is 9.13 Å². The van der Waals surface area contributed by atoms with Gasteiger partial charge in [-0.05, 0) is 12.1 Å². The highest BCUT2D eigenvalue weighted by molar-refractivity contribution is 7.99. The van der Waals surface area contributed by atoms with Crippen molar-refractivity contribution in [2.45, 2.75) is 18.2 Å². The Bertz CT molecular complexity index is 1310. The van der Waals surface area contributed by atoms with Crippen LogP contribution in [-0.4, -0.2) is 34.0 Å². The van der Waals surface area contributed by atoms with E-state index in [1.54, 1.807) is 29.7 Å². The van der Waals surface area contributed by atoms with E-state index in [1.807, 2.05) is 30.3 Å². The minimum Gasteiger partial charge on any atom is -0.324 e. The molecule has 0 saturated carbocycles. The van der Waals surface area contributed by atoms with Crippen molar-refractivity contribution in [3.05, 3.63) is 64.1 Å². The number of allylic oxidation sites excluding steroid dienone is 1. The molecule has 0 aliphatic rings. The van der Waals surface area contributed by atoms with E-state index < -0.39 is 0 Å². The van der Waals surface area contributed by atoms with Crippen molar-refractivity contribution in [2.75, 3.05) is 5.75 Å². The fourth-order valence-corrected chi connectivity index (χ4v) is 4.23. The monoisotopic (exact) mass is 396 g/mol. The standard InChI is InChI=1S/C19H20N6O2S/c1-4-9-25-14-8-6-5-7-13(14)21-18(25)28-11-10-24-12-20-16-15(24)17(26)23(3)19(27)22(16)2/h4-8,12H,1,9-11H2,2-3H3. The molecule has 0 spiro atoms. The Morgan fingerprint density at radius 1 is 1.18 bits per heavy atom. The molecule has 0 aliphatic carbocycles. The van der Waals surface area contributed by atoms with Crippen molar-refractivity contribution in [1.82, 2.24) is 28.2 Å². The van der Waals surface area contributed by atoms with Crippen molar-refractivity contribution in [3.63, 3.8) is 0 Å². The smallest absolute Gasteiger partial charge is 0.324 e. The number of hydrogen-bond acceptors (Lipinski definition) is 5. The van der Waals surface area contributed by atoms with Crippen molar-refractivity contribution in [3.8, 4) is 0 Å². The summed E-state index contributed by atoms with van der Waals surface area (Å²) < 4.78 is 6.42. The second-order valence-corrected chi connectivity index (χ2v) is 7.51. The summed E-state index contributed by atoms with van der Waals surface area (Å²) in [5.41, 5.74) is 2.14. The van der Waals surface area contributed by atoms with Crippen molar-refractivity contribution in [2.24, 2.45) is 14.1 Å². The lowest BCUT2D eigenvalue weighted by Crippen LogP contribution is -2.37. The van der Waals surface area contributed by atoms with E-state index in [0.717, 1.165) is 20.8 Å². The summed E-state index contributed by atoms with van der Waals surface area (Å²) >= 11 is 1.62. The highest BCUT2D eigenvalue weighted by Crippen LogP contribution is 2.24. The Morgan fingerprint density at radius 3 is 2.75 bits per heavy atom. The lowest BCUT2D eigenvalue weighted by molar-refractivity contribution is 0.700. The van der Waals surface area contributed by atoms with Gasteiger partial charge in [0.05, 0.1) is 17.4 Å². The molecule has 4 rings (SSSR count).